The predicted molar refractivity (Wildman–Crippen MR) is 92.2 cm³/mol. The maximum Gasteiger partial charge on any atom is 0.259 e. The molecule has 8 heteroatoms. The summed E-state index contributed by atoms with van der Waals surface area (Å²) in [4.78, 5) is 16.0. The van der Waals surface area contributed by atoms with E-state index in [0.29, 0.717) is 17.3 Å². The van der Waals surface area contributed by atoms with Gasteiger partial charge in [-0.25, -0.2) is 22.5 Å². The number of hydrogen-bond donors (Lipinski definition) is 2. The van der Waals surface area contributed by atoms with E-state index in [1.807, 2.05) is 0 Å². The van der Waals surface area contributed by atoms with Crippen molar-refractivity contribution in [3.8, 4) is 0 Å². The van der Waals surface area contributed by atoms with Crippen LogP contribution in [0.25, 0.3) is 0 Å². The van der Waals surface area contributed by atoms with Gasteiger partial charge in [-0.15, -0.1) is 0 Å². The number of benzene rings is 2. The predicted octanol–water partition coefficient (Wildman–Crippen LogP) is 4.50. The average molecular weight is 375 g/mol. The Kier molecular flexibility index (Phi) is 5.35. The van der Waals surface area contributed by atoms with Crippen molar-refractivity contribution in [2.24, 2.45) is 0 Å². The third-order valence-electron chi connectivity index (χ3n) is 3.73. The Hall–Kier alpha value is -3.42. The quantitative estimate of drug-likeness (QED) is 0.510. The van der Waals surface area contributed by atoms with E-state index in [4.69, 9.17) is 0 Å². The van der Waals surface area contributed by atoms with Crippen LogP contribution in [0.4, 0.5) is 29.1 Å². The molecule has 0 fully saturated rings. The van der Waals surface area contributed by atoms with Crippen molar-refractivity contribution in [1.29, 1.82) is 0 Å². The molecular formula is C19H13F4N3O. The molecule has 1 amide bonds. The van der Waals surface area contributed by atoms with Gasteiger partial charge in [0.1, 0.15) is 11.6 Å². The minimum Gasteiger partial charge on any atom is -0.380 e. The average Bonchev–Trinajstić information content (AvgIpc) is 2.66. The van der Waals surface area contributed by atoms with E-state index in [1.165, 1.54) is 18.3 Å². The van der Waals surface area contributed by atoms with Gasteiger partial charge >= 0.3 is 0 Å². The second kappa shape index (κ2) is 7.86. The van der Waals surface area contributed by atoms with Gasteiger partial charge in [-0.1, -0.05) is 18.2 Å². The summed E-state index contributed by atoms with van der Waals surface area (Å²) in [5.41, 5.74) is 0.399. The molecule has 0 bridgehead atoms. The van der Waals surface area contributed by atoms with E-state index >= 15 is 0 Å². The summed E-state index contributed by atoms with van der Waals surface area (Å²) in [6, 6.07) is 10.8. The molecular weight excluding hydrogens is 362 g/mol. The lowest BCUT2D eigenvalue weighted by Crippen LogP contribution is -2.16. The van der Waals surface area contributed by atoms with Crippen molar-refractivity contribution < 1.29 is 22.4 Å². The molecule has 4 nitrogen and oxygen atoms in total. The van der Waals surface area contributed by atoms with E-state index < -0.39 is 28.9 Å². The Bertz CT molecular complexity index is 977. The van der Waals surface area contributed by atoms with Crippen LogP contribution in [-0.4, -0.2) is 10.9 Å². The molecule has 3 rings (SSSR count). The number of nitrogens with one attached hydrogen (secondary N) is 2. The van der Waals surface area contributed by atoms with Crippen molar-refractivity contribution in [2.75, 3.05) is 10.6 Å². The third-order valence-corrected chi connectivity index (χ3v) is 3.73. The molecule has 0 saturated carbocycles. The van der Waals surface area contributed by atoms with Crippen molar-refractivity contribution >= 4 is 17.4 Å². The van der Waals surface area contributed by atoms with Crippen molar-refractivity contribution in [2.45, 2.75) is 6.54 Å². The number of anilines is 2. The van der Waals surface area contributed by atoms with Gasteiger partial charge in [-0.2, -0.15) is 0 Å². The molecule has 1 aromatic heterocycles. The van der Waals surface area contributed by atoms with Crippen molar-refractivity contribution in [1.82, 2.24) is 4.98 Å². The highest BCUT2D eigenvalue weighted by Crippen LogP contribution is 2.17. The molecule has 3 aromatic rings. The van der Waals surface area contributed by atoms with Crippen LogP contribution in [0.2, 0.25) is 0 Å². The van der Waals surface area contributed by atoms with Crippen LogP contribution >= 0.6 is 0 Å². The Labute approximate surface area is 151 Å². The Morgan fingerprint density at radius 1 is 0.889 bits per heavy atom. The smallest absolute Gasteiger partial charge is 0.259 e. The Balaban J connectivity index is 1.65. The molecule has 0 aliphatic rings. The van der Waals surface area contributed by atoms with Gasteiger partial charge in [-0.3, -0.25) is 4.79 Å². The van der Waals surface area contributed by atoms with E-state index in [2.05, 4.69) is 15.6 Å². The lowest BCUT2D eigenvalue weighted by atomic mass is 10.2. The molecule has 138 valence electrons. The minimum atomic E-state index is -1.72. The molecule has 0 atom stereocenters. The fourth-order valence-electron chi connectivity index (χ4n) is 2.30. The highest BCUT2D eigenvalue weighted by Gasteiger charge is 2.19. The first kappa shape index (κ1) is 18.4. The summed E-state index contributed by atoms with van der Waals surface area (Å²) in [6.45, 7) is 0.236. The number of nitrogens with zero attached hydrogens (tertiary/aromatic N) is 1. The monoisotopic (exact) mass is 375 g/mol. The van der Waals surface area contributed by atoms with Crippen molar-refractivity contribution in [3.05, 3.63) is 89.1 Å². The fraction of sp³-hybridized carbons (Fsp3) is 0.0526. The molecule has 0 unspecified atom stereocenters. The summed E-state index contributed by atoms with van der Waals surface area (Å²) in [5.74, 6) is -5.90. The van der Waals surface area contributed by atoms with Crippen LogP contribution in [0, 0.1) is 23.3 Å². The molecule has 2 aromatic carbocycles. The largest absolute Gasteiger partial charge is 0.380 e. The van der Waals surface area contributed by atoms with E-state index in [0.717, 1.165) is 6.07 Å². The Morgan fingerprint density at radius 2 is 1.67 bits per heavy atom. The van der Waals surface area contributed by atoms with Gasteiger partial charge in [0.15, 0.2) is 17.5 Å². The number of carbonyl (C=O) groups excluding carboxylic acids is 1. The van der Waals surface area contributed by atoms with Gasteiger partial charge in [0.05, 0.1) is 17.4 Å². The summed E-state index contributed by atoms with van der Waals surface area (Å²) in [5, 5.41) is 5.26. The number of rotatable bonds is 5. The topological polar surface area (TPSA) is 54.0 Å². The number of halogens is 4. The van der Waals surface area contributed by atoms with Gasteiger partial charge in [-0.05, 0) is 30.3 Å². The van der Waals surface area contributed by atoms with E-state index in [-0.39, 0.29) is 18.2 Å². The zero-order valence-electron chi connectivity index (χ0n) is 13.8. The first-order valence-corrected chi connectivity index (χ1v) is 7.84. The van der Waals surface area contributed by atoms with Crippen LogP contribution in [-0.2, 0) is 6.54 Å². The zero-order valence-corrected chi connectivity index (χ0v) is 13.8. The number of hydrogen-bond acceptors (Lipinski definition) is 3. The molecule has 0 spiro atoms. The fourth-order valence-corrected chi connectivity index (χ4v) is 2.30. The first-order valence-electron chi connectivity index (χ1n) is 7.84. The zero-order chi connectivity index (χ0) is 19.4. The number of aromatic nitrogens is 1. The van der Waals surface area contributed by atoms with Crippen LogP contribution in [0.5, 0.6) is 0 Å². The maximum absolute atomic E-state index is 13.6. The summed E-state index contributed by atoms with van der Waals surface area (Å²) in [7, 11) is 0. The summed E-state index contributed by atoms with van der Waals surface area (Å²) in [6.07, 6.45) is 1.39. The summed E-state index contributed by atoms with van der Waals surface area (Å²) >= 11 is 0. The molecule has 0 aliphatic heterocycles. The Morgan fingerprint density at radius 3 is 2.37 bits per heavy atom. The minimum absolute atomic E-state index is 0.0839. The second-order valence-corrected chi connectivity index (χ2v) is 5.55. The molecule has 0 aliphatic carbocycles. The lowest BCUT2D eigenvalue weighted by Gasteiger charge is -2.09. The maximum atomic E-state index is 13.6. The van der Waals surface area contributed by atoms with Crippen molar-refractivity contribution in [3.63, 3.8) is 0 Å². The highest BCUT2D eigenvalue weighted by atomic mass is 19.2. The highest BCUT2D eigenvalue weighted by molar-refractivity contribution is 6.04. The molecule has 27 heavy (non-hydrogen) atoms. The van der Waals surface area contributed by atoms with E-state index in [1.54, 1.807) is 24.3 Å². The standard InChI is InChI=1S/C19H13F4N3O/c20-14-4-2-1-3-11(14)9-24-12-5-8-16(25-10-12)26-19(27)13-6-7-15(21)18(23)17(13)22/h1-8,10,24H,9H2,(H,25,26,27). The van der Waals surface area contributed by atoms with Crippen LogP contribution in [0.15, 0.2) is 54.7 Å². The second-order valence-electron chi connectivity index (χ2n) is 5.55. The SMILES string of the molecule is O=C(Nc1ccc(NCc2ccccc2F)cn1)c1ccc(F)c(F)c1F. The third kappa shape index (κ3) is 4.22. The molecule has 0 radical (unpaired) electrons. The number of pyridine rings is 1. The lowest BCUT2D eigenvalue weighted by molar-refractivity contribution is 0.102. The number of amides is 1. The van der Waals surface area contributed by atoms with Gasteiger partial charge < -0.3 is 10.6 Å². The molecule has 2 N–H and O–H groups in total. The normalized spacial score (nSPS) is 10.5. The number of carbonyl (C=O) groups is 1. The molecule has 0 saturated heterocycles. The van der Waals surface area contributed by atoms with Gasteiger partial charge in [0.2, 0.25) is 0 Å². The first-order chi connectivity index (χ1) is 13.0. The van der Waals surface area contributed by atoms with Crippen LogP contribution in [0.1, 0.15) is 15.9 Å². The summed E-state index contributed by atoms with van der Waals surface area (Å²) < 4.78 is 53.3. The van der Waals surface area contributed by atoms with Crippen LogP contribution in [0.3, 0.4) is 0 Å². The van der Waals surface area contributed by atoms with Gasteiger partial charge in [0.25, 0.3) is 5.91 Å². The van der Waals surface area contributed by atoms with E-state index in [9.17, 15) is 22.4 Å². The molecule has 1 heterocycles. The van der Waals surface area contributed by atoms with Gasteiger partial charge in [0, 0.05) is 12.1 Å². The van der Waals surface area contributed by atoms with Crippen LogP contribution < -0.4 is 10.6 Å².